The molecule has 1 unspecified atom stereocenters. The topological polar surface area (TPSA) is 64.6 Å². The van der Waals surface area contributed by atoms with Crippen LogP contribution >= 0.6 is 11.3 Å². The number of carbonyl (C=O) groups excluding carboxylic acids is 1. The SMILES string of the molecule is CCC1CCc2sc3ncnc(O[C@H]4CC[C@H](N(C)C(=O)OC(C)(C)C)CC4)c3c21. The van der Waals surface area contributed by atoms with E-state index in [2.05, 4.69) is 16.9 Å². The third-order valence-corrected chi connectivity index (χ3v) is 7.51. The van der Waals surface area contributed by atoms with Gasteiger partial charge in [-0.2, -0.15) is 0 Å². The molecule has 2 aromatic rings. The van der Waals surface area contributed by atoms with E-state index >= 15 is 0 Å². The monoisotopic (exact) mass is 431 g/mol. The third kappa shape index (κ3) is 4.27. The Bertz CT molecular complexity index is 912. The van der Waals surface area contributed by atoms with Crippen LogP contribution in [-0.4, -0.2) is 45.8 Å². The lowest BCUT2D eigenvalue weighted by molar-refractivity contribution is 0.0138. The highest BCUT2D eigenvalue weighted by Crippen LogP contribution is 2.47. The maximum atomic E-state index is 12.4. The first-order valence-electron chi connectivity index (χ1n) is 11.2. The van der Waals surface area contributed by atoms with Crippen LogP contribution in [0.5, 0.6) is 5.88 Å². The van der Waals surface area contributed by atoms with Crippen LogP contribution in [0.2, 0.25) is 0 Å². The lowest BCUT2D eigenvalue weighted by Crippen LogP contribution is -2.43. The van der Waals surface area contributed by atoms with E-state index in [1.807, 2.05) is 27.8 Å². The van der Waals surface area contributed by atoms with Gasteiger partial charge in [0.2, 0.25) is 5.88 Å². The quantitative estimate of drug-likeness (QED) is 0.622. The largest absolute Gasteiger partial charge is 0.474 e. The molecular weight excluding hydrogens is 398 g/mol. The first-order chi connectivity index (χ1) is 14.3. The van der Waals surface area contributed by atoms with Crippen LogP contribution in [0.25, 0.3) is 10.2 Å². The first-order valence-corrected chi connectivity index (χ1v) is 12.0. The molecule has 0 saturated heterocycles. The van der Waals surface area contributed by atoms with Crippen molar-refractivity contribution < 1.29 is 14.3 Å². The van der Waals surface area contributed by atoms with Crippen LogP contribution in [0.15, 0.2) is 6.33 Å². The van der Waals surface area contributed by atoms with E-state index in [0.717, 1.165) is 54.6 Å². The van der Waals surface area contributed by atoms with Gasteiger partial charge in [-0.15, -0.1) is 11.3 Å². The smallest absolute Gasteiger partial charge is 0.410 e. The van der Waals surface area contributed by atoms with Crippen LogP contribution in [0.4, 0.5) is 4.79 Å². The van der Waals surface area contributed by atoms with Crippen LogP contribution in [0.1, 0.15) is 82.6 Å². The van der Waals surface area contributed by atoms with Gasteiger partial charge in [-0.3, -0.25) is 0 Å². The number of carbonyl (C=O) groups is 1. The molecule has 0 spiro atoms. The maximum Gasteiger partial charge on any atom is 0.410 e. The Labute approximate surface area is 183 Å². The molecule has 1 amide bonds. The van der Waals surface area contributed by atoms with E-state index in [4.69, 9.17) is 9.47 Å². The van der Waals surface area contributed by atoms with Gasteiger partial charge in [0, 0.05) is 18.0 Å². The molecule has 0 N–H and O–H groups in total. The Kier molecular flexibility index (Phi) is 5.93. The molecule has 0 aliphatic heterocycles. The number of hydrogen-bond donors (Lipinski definition) is 0. The van der Waals surface area contributed by atoms with Crippen molar-refractivity contribution in [3.8, 4) is 5.88 Å². The average molecular weight is 432 g/mol. The van der Waals surface area contributed by atoms with E-state index in [1.165, 1.54) is 16.9 Å². The highest BCUT2D eigenvalue weighted by atomic mass is 32.1. The summed E-state index contributed by atoms with van der Waals surface area (Å²) in [6.45, 7) is 7.96. The maximum absolute atomic E-state index is 12.4. The molecule has 0 bridgehead atoms. The lowest BCUT2D eigenvalue weighted by Gasteiger charge is -2.35. The van der Waals surface area contributed by atoms with Crippen molar-refractivity contribution in [2.45, 2.75) is 96.3 Å². The highest BCUT2D eigenvalue weighted by molar-refractivity contribution is 7.19. The summed E-state index contributed by atoms with van der Waals surface area (Å²) in [4.78, 5) is 25.7. The zero-order chi connectivity index (χ0) is 21.5. The van der Waals surface area contributed by atoms with Crippen molar-refractivity contribution in [3.05, 3.63) is 16.8 Å². The zero-order valence-corrected chi connectivity index (χ0v) is 19.6. The number of aryl methyl sites for hydroxylation is 1. The minimum absolute atomic E-state index is 0.128. The summed E-state index contributed by atoms with van der Waals surface area (Å²) in [5, 5.41) is 1.15. The van der Waals surface area contributed by atoms with Gasteiger partial charge in [-0.1, -0.05) is 6.92 Å². The molecule has 4 rings (SSSR count). The molecule has 2 aliphatic rings. The van der Waals surface area contributed by atoms with Gasteiger partial charge in [0.25, 0.3) is 0 Å². The lowest BCUT2D eigenvalue weighted by atomic mass is 9.92. The Balaban J connectivity index is 1.43. The van der Waals surface area contributed by atoms with Gasteiger partial charge < -0.3 is 14.4 Å². The molecule has 2 aromatic heterocycles. The van der Waals surface area contributed by atoms with E-state index in [-0.39, 0.29) is 18.2 Å². The summed E-state index contributed by atoms with van der Waals surface area (Å²) >= 11 is 1.80. The van der Waals surface area contributed by atoms with E-state index in [1.54, 1.807) is 22.6 Å². The summed E-state index contributed by atoms with van der Waals surface area (Å²) in [6, 6.07) is 0.194. The number of thiophene rings is 1. The molecule has 6 nitrogen and oxygen atoms in total. The normalized spacial score (nSPS) is 24.0. The summed E-state index contributed by atoms with van der Waals surface area (Å²) in [7, 11) is 1.84. The molecule has 0 radical (unpaired) electrons. The van der Waals surface area contributed by atoms with Crippen LogP contribution in [-0.2, 0) is 11.2 Å². The Morgan fingerprint density at radius 1 is 1.20 bits per heavy atom. The molecule has 30 heavy (non-hydrogen) atoms. The summed E-state index contributed by atoms with van der Waals surface area (Å²) in [5.41, 5.74) is 0.965. The Morgan fingerprint density at radius 2 is 1.93 bits per heavy atom. The second kappa shape index (κ2) is 8.33. The summed E-state index contributed by atoms with van der Waals surface area (Å²) in [5.74, 6) is 1.35. The average Bonchev–Trinajstić information content (AvgIpc) is 3.26. The van der Waals surface area contributed by atoms with Gasteiger partial charge in [0.15, 0.2) is 0 Å². The van der Waals surface area contributed by atoms with Gasteiger partial charge in [0.05, 0.1) is 5.39 Å². The van der Waals surface area contributed by atoms with Gasteiger partial charge in [0.1, 0.15) is 22.9 Å². The minimum Gasteiger partial charge on any atom is -0.474 e. The molecule has 1 saturated carbocycles. The van der Waals surface area contributed by atoms with Crippen molar-refractivity contribution in [2.24, 2.45) is 0 Å². The fourth-order valence-electron chi connectivity index (χ4n) is 4.73. The zero-order valence-electron chi connectivity index (χ0n) is 18.7. The molecule has 7 heteroatoms. The number of nitrogens with zero attached hydrogens (tertiary/aromatic N) is 3. The molecule has 2 heterocycles. The third-order valence-electron chi connectivity index (χ3n) is 6.34. The fraction of sp³-hybridized carbons (Fsp3) is 0.696. The molecule has 164 valence electrons. The molecule has 2 aliphatic carbocycles. The second-order valence-corrected chi connectivity index (χ2v) is 10.7. The van der Waals surface area contributed by atoms with Gasteiger partial charge >= 0.3 is 6.09 Å². The molecule has 1 atom stereocenters. The van der Waals surface area contributed by atoms with Crippen LogP contribution < -0.4 is 4.74 Å². The van der Waals surface area contributed by atoms with E-state index in [0.29, 0.717) is 5.92 Å². The predicted molar refractivity (Wildman–Crippen MR) is 119 cm³/mol. The molecule has 1 fully saturated rings. The minimum atomic E-state index is -0.471. The van der Waals surface area contributed by atoms with Crippen molar-refractivity contribution in [1.82, 2.24) is 14.9 Å². The van der Waals surface area contributed by atoms with Crippen LogP contribution in [0.3, 0.4) is 0 Å². The van der Waals surface area contributed by atoms with E-state index in [9.17, 15) is 4.79 Å². The Hall–Kier alpha value is -1.89. The van der Waals surface area contributed by atoms with Crippen molar-refractivity contribution in [3.63, 3.8) is 0 Å². The van der Waals surface area contributed by atoms with Crippen molar-refractivity contribution in [2.75, 3.05) is 7.05 Å². The molecule has 0 aromatic carbocycles. The summed E-state index contributed by atoms with van der Waals surface area (Å²) < 4.78 is 12.0. The number of rotatable bonds is 4. The first kappa shape index (κ1) is 21.3. The van der Waals surface area contributed by atoms with E-state index < -0.39 is 5.60 Å². The predicted octanol–water partition coefficient (Wildman–Crippen LogP) is 5.69. The molecular formula is C23H33N3O3S. The highest BCUT2D eigenvalue weighted by Gasteiger charge is 2.32. The van der Waals surface area contributed by atoms with Gasteiger partial charge in [-0.25, -0.2) is 14.8 Å². The number of aromatic nitrogens is 2. The number of ether oxygens (including phenoxy) is 2. The fourth-order valence-corrected chi connectivity index (χ4v) is 5.96. The standard InChI is InChI=1S/C23H33N3O3S/c1-6-14-7-12-17-18(14)19-20(24-13-25-21(19)30-17)28-16-10-8-15(9-11-16)26(5)22(27)29-23(2,3)4/h13-16H,6-12H2,1-5H3/t14?,15-,16-. The second-order valence-electron chi connectivity index (χ2n) is 9.58. The summed E-state index contributed by atoms with van der Waals surface area (Å²) in [6.07, 6.45) is 8.68. The van der Waals surface area contributed by atoms with Crippen LogP contribution in [0, 0.1) is 0 Å². The number of amides is 1. The van der Waals surface area contributed by atoms with Crippen molar-refractivity contribution in [1.29, 1.82) is 0 Å². The van der Waals surface area contributed by atoms with Crippen molar-refractivity contribution >= 4 is 27.6 Å². The number of fused-ring (bicyclic) bond motifs is 3. The van der Waals surface area contributed by atoms with Gasteiger partial charge in [-0.05, 0) is 77.2 Å². The Morgan fingerprint density at radius 3 is 2.60 bits per heavy atom. The number of hydrogen-bond acceptors (Lipinski definition) is 6.